The Balaban J connectivity index is 1.14. The number of amides is 1. The van der Waals surface area contributed by atoms with E-state index in [-0.39, 0.29) is 11.9 Å². The van der Waals surface area contributed by atoms with Crippen LogP contribution in [0.15, 0.2) is 54.6 Å². The lowest BCUT2D eigenvalue weighted by atomic mass is 10.0. The Hall–Kier alpha value is -2.25. The van der Waals surface area contributed by atoms with E-state index in [1.54, 1.807) is 7.11 Å². The summed E-state index contributed by atoms with van der Waals surface area (Å²) in [5.41, 5.74) is 4.31. The molecule has 194 valence electrons. The smallest absolute Gasteiger partial charge is 0.237 e. The number of fused-ring (bicyclic) bond motifs is 1. The van der Waals surface area contributed by atoms with Crippen LogP contribution in [-0.4, -0.2) is 86.3 Å². The Morgan fingerprint density at radius 3 is 2.36 bits per heavy atom. The third kappa shape index (κ3) is 6.35. The molecule has 2 aromatic rings. The second-order valence-electron chi connectivity index (χ2n) is 10.8. The number of likely N-dealkylation sites (tertiary alicyclic amines) is 2. The van der Waals surface area contributed by atoms with Crippen LogP contribution in [-0.2, 0) is 28.8 Å². The van der Waals surface area contributed by atoms with Gasteiger partial charge in [-0.15, -0.1) is 0 Å². The van der Waals surface area contributed by atoms with E-state index < -0.39 is 0 Å². The number of carbonyl (C=O) groups excluding carboxylic acids is 1. The average Bonchev–Trinajstić information content (AvgIpc) is 3.53. The predicted molar refractivity (Wildman–Crippen MR) is 144 cm³/mol. The number of hydrogen-bond acceptors (Lipinski definition) is 5. The molecule has 2 aromatic carbocycles. The molecule has 36 heavy (non-hydrogen) atoms. The molecule has 2 heterocycles. The minimum atomic E-state index is -0.0652. The predicted octanol–water partition coefficient (Wildman–Crippen LogP) is 2.66. The van der Waals surface area contributed by atoms with E-state index in [1.807, 2.05) is 0 Å². The molecule has 2 saturated heterocycles. The van der Waals surface area contributed by atoms with Crippen molar-refractivity contribution in [1.82, 2.24) is 20.4 Å². The monoisotopic (exact) mass is 490 g/mol. The van der Waals surface area contributed by atoms with E-state index in [1.165, 1.54) is 29.5 Å². The highest BCUT2D eigenvalue weighted by molar-refractivity contribution is 5.82. The van der Waals surface area contributed by atoms with Gasteiger partial charge in [-0.1, -0.05) is 54.6 Å². The molecule has 0 saturated carbocycles. The van der Waals surface area contributed by atoms with Crippen LogP contribution in [0.1, 0.15) is 36.0 Å². The molecule has 6 nitrogen and oxygen atoms in total. The van der Waals surface area contributed by atoms with Crippen LogP contribution < -0.4 is 10.6 Å². The fourth-order valence-corrected chi connectivity index (χ4v) is 6.40. The molecule has 1 aliphatic carbocycles. The molecule has 5 rings (SSSR count). The van der Waals surface area contributed by atoms with Crippen LogP contribution in [0.25, 0.3) is 0 Å². The highest BCUT2D eigenvalue weighted by Crippen LogP contribution is 2.31. The lowest BCUT2D eigenvalue weighted by molar-refractivity contribution is -0.126. The zero-order valence-corrected chi connectivity index (χ0v) is 21.7. The van der Waals surface area contributed by atoms with E-state index in [2.05, 4.69) is 75.0 Å². The van der Waals surface area contributed by atoms with Crippen molar-refractivity contribution in [3.05, 3.63) is 71.3 Å². The van der Waals surface area contributed by atoms with E-state index in [0.29, 0.717) is 31.3 Å². The molecule has 2 N–H and O–H groups in total. The van der Waals surface area contributed by atoms with Gasteiger partial charge < -0.3 is 20.3 Å². The number of hydrogen-bond donors (Lipinski definition) is 2. The molecule has 0 spiro atoms. The summed E-state index contributed by atoms with van der Waals surface area (Å²) in [7, 11) is 1.68. The molecule has 0 bridgehead atoms. The summed E-state index contributed by atoms with van der Waals surface area (Å²) in [4.78, 5) is 18.3. The van der Waals surface area contributed by atoms with Gasteiger partial charge in [0.15, 0.2) is 0 Å². The molecular formula is C30H42N4O2. The Bertz CT molecular complexity index is 951. The maximum atomic E-state index is 13.2. The normalized spacial score (nSPS) is 23.7. The number of carbonyl (C=O) groups is 1. The summed E-state index contributed by atoms with van der Waals surface area (Å²) < 4.78 is 5.15. The minimum Gasteiger partial charge on any atom is -0.383 e. The van der Waals surface area contributed by atoms with Crippen LogP contribution in [0.3, 0.4) is 0 Å². The molecule has 0 aromatic heterocycles. The number of methoxy groups -OCH3 is 1. The summed E-state index contributed by atoms with van der Waals surface area (Å²) in [5, 5.41) is 7.08. The number of benzene rings is 2. The lowest BCUT2D eigenvalue weighted by Gasteiger charge is -2.34. The van der Waals surface area contributed by atoms with Gasteiger partial charge in [-0.25, -0.2) is 0 Å². The van der Waals surface area contributed by atoms with Gasteiger partial charge in [0, 0.05) is 44.9 Å². The van der Waals surface area contributed by atoms with E-state index in [0.717, 1.165) is 51.9 Å². The second kappa shape index (κ2) is 12.3. The zero-order valence-electron chi connectivity index (χ0n) is 21.7. The third-order valence-corrected chi connectivity index (χ3v) is 8.36. The third-order valence-electron chi connectivity index (χ3n) is 8.36. The first-order chi connectivity index (χ1) is 17.7. The van der Waals surface area contributed by atoms with Crippen LogP contribution >= 0.6 is 0 Å². The Labute approximate surface area is 216 Å². The van der Waals surface area contributed by atoms with Gasteiger partial charge in [0.25, 0.3) is 0 Å². The zero-order chi connectivity index (χ0) is 24.7. The molecule has 6 heteroatoms. The molecule has 2 fully saturated rings. The standard InChI is InChI=1S/C30H42N4O2/c1-36-18-14-31-30(35)29-21-27(22-34(29)28-19-24-9-5-6-10-25(24)20-28)32-26-12-16-33(17-13-26)15-11-23-7-3-2-4-8-23/h2-10,26-29,32H,11-22H2,1H3,(H,31,35)/t27-,29+/m1/s1. The Kier molecular flexibility index (Phi) is 8.70. The fraction of sp³-hybridized carbons (Fsp3) is 0.567. The Morgan fingerprint density at radius 2 is 1.67 bits per heavy atom. The molecule has 0 unspecified atom stereocenters. The lowest BCUT2D eigenvalue weighted by Crippen LogP contribution is -2.49. The van der Waals surface area contributed by atoms with Crippen molar-refractivity contribution in [2.45, 2.75) is 62.7 Å². The number of nitrogens with zero attached hydrogens (tertiary/aromatic N) is 2. The van der Waals surface area contributed by atoms with Crippen LogP contribution in [0, 0.1) is 0 Å². The SMILES string of the molecule is COCCNC(=O)[C@@H]1C[C@@H](NC2CCN(CCc3ccccc3)CC2)CN1C1Cc2ccccc2C1. The van der Waals surface area contributed by atoms with Gasteiger partial charge in [-0.3, -0.25) is 9.69 Å². The van der Waals surface area contributed by atoms with Crippen LogP contribution in [0.4, 0.5) is 0 Å². The second-order valence-corrected chi connectivity index (χ2v) is 10.8. The van der Waals surface area contributed by atoms with E-state index >= 15 is 0 Å². The van der Waals surface area contributed by atoms with Gasteiger partial charge in [-0.2, -0.15) is 0 Å². The summed E-state index contributed by atoms with van der Waals surface area (Å²) in [5.74, 6) is 0.156. The molecule has 0 radical (unpaired) electrons. The Morgan fingerprint density at radius 1 is 0.972 bits per heavy atom. The van der Waals surface area contributed by atoms with Crippen molar-refractivity contribution in [3.8, 4) is 0 Å². The number of ether oxygens (including phenoxy) is 1. The molecule has 2 atom stereocenters. The highest BCUT2D eigenvalue weighted by atomic mass is 16.5. The van der Waals surface area contributed by atoms with Gasteiger partial charge in [0.2, 0.25) is 5.91 Å². The van der Waals surface area contributed by atoms with Crippen molar-refractivity contribution >= 4 is 5.91 Å². The van der Waals surface area contributed by atoms with E-state index in [4.69, 9.17) is 4.74 Å². The molecule has 1 amide bonds. The first-order valence-electron chi connectivity index (χ1n) is 13.8. The van der Waals surface area contributed by atoms with Gasteiger partial charge in [0.05, 0.1) is 12.6 Å². The largest absolute Gasteiger partial charge is 0.383 e. The van der Waals surface area contributed by atoms with Gasteiger partial charge in [0.1, 0.15) is 0 Å². The number of piperidine rings is 1. The van der Waals surface area contributed by atoms with Crippen molar-refractivity contribution in [1.29, 1.82) is 0 Å². The molecule has 2 aliphatic heterocycles. The maximum absolute atomic E-state index is 13.2. The topological polar surface area (TPSA) is 56.8 Å². The maximum Gasteiger partial charge on any atom is 0.237 e. The summed E-state index contributed by atoms with van der Waals surface area (Å²) >= 11 is 0. The number of nitrogens with one attached hydrogen (secondary N) is 2. The summed E-state index contributed by atoms with van der Waals surface area (Å²) in [6.07, 6.45) is 6.48. The van der Waals surface area contributed by atoms with Gasteiger partial charge in [-0.05, 0) is 68.3 Å². The highest BCUT2D eigenvalue weighted by Gasteiger charge is 2.42. The fourth-order valence-electron chi connectivity index (χ4n) is 6.40. The van der Waals surface area contributed by atoms with Crippen molar-refractivity contribution in [2.75, 3.05) is 46.4 Å². The van der Waals surface area contributed by atoms with E-state index in [9.17, 15) is 4.79 Å². The van der Waals surface area contributed by atoms with Crippen molar-refractivity contribution in [2.24, 2.45) is 0 Å². The quantitative estimate of drug-likeness (QED) is 0.502. The van der Waals surface area contributed by atoms with Crippen molar-refractivity contribution in [3.63, 3.8) is 0 Å². The first-order valence-corrected chi connectivity index (χ1v) is 13.8. The summed E-state index contributed by atoms with van der Waals surface area (Å²) in [6.45, 7) is 5.52. The first kappa shape index (κ1) is 25.4. The van der Waals surface area contributed by atoms with Crippen LogP contribution in [0.5, 0.6) is 0 Å². The minimum absolute atomic E-state index is 0.0652. The average molecular weight is 491 g/mol. The van der Waals surface area contributed by atoms with Gasteiger partial charge >= 0.3 is 0 Å². The van der Waals surface area contributed by atoms with Crippen molar-refractivity contribution < 1.29 is 9.53 Å². The molecular weight excluding hydrogens is 448 g/mol. The van der Waals surface area contributed by atoms with Crippen LogP contribution in [0.2, 0.25) is 0 Å². The molecule has 3 aliphatic rings. The number of rotatable bonds is 10. The summed E-state index contributed by atoms with van der Waals surface area (Å²) in [6, 6.07) is 20.8.